The fourth-order valence-electron chi connectivity index (χ4n) is 7.16. The third-order valence-corrected chi connectivity index (χ3v) is 9.99. The molecular formula is C30H39FN4O4S. The summed E-state index contributed by atoms with van der Waals surface area (Å²) in [5.74, 6) is -0.185. The molecule has 3 saturated carbocycles. The topological polar surface area (TPSA) is 98.8 Å². The molecule has 1 aliphatic heterocycles. The van der Waals surface area contributed by atoms with Crippen molar-refractivity contribution in [3.05, 3.63) is 65.0 Å². The smallest absolute Gasteiger partial charge is 0.322 e. The summed E-state index contributed by atoms with van der Waals surface area (Å²) in [4.78, 5) is 29.8. The van der Waals surface area contributed by atoms with Crippen LogP contribution in [0.4, 0.5) is 14.9 Å². The number of rotatable bonds is 7. The summed E-state index contributed by atoms with van der Waals surface area (Å²) in [7, 11) is -1.61. The summed E-state index contributed by atoms with van der Waals surface area (Å²) in [6, 6.07) is 12.5. The number of carbonyl (C=O) groups excluding carboxylic acids is 2. The second kappa shape index (κ2) is 10.1. The Kier molecular flexibility index (Phi) is 7.23. The SMILES string of the molecule is CN(CC(C)(C)NS(C)(=O)=O)C(=O)C12CCC(c3ccc(NC(=O)N4Cc5ccc(F)cc5C4)cc3)(CC1)CC2. The van der Waals surface area contributed by atoms with Crippen molar-refractivity contribution in [3.8, 4) is 0 Å². The Morgan fingerprint density at radius 3 is 2.17 bits per heavy atom. The summed E-state index contributed by atoms with van der Waals surface area (Å²) >= 11 is 0. The monoisotopic (exact) mass is 570 g/mol. The van der Waals surface area contributed by atoms with Gasteiger partial charge in [0.1, 0.15) is 5.82 Å². The lowest BCUT2D eigenvalue weighted by molar-refractivity contribution is -0.148. The van der Waals surface area contributed by atoms with Crippen LogP contribution < -0.4 is 10.0 Å². The number of sulfonamides is 1. The van der Waals surface area contributed by atoms with Crippen molar-refractivity contribution in [2.24, 2.45) is 5.41 Å². The van der Waals surface area contributed by atoms with E-state index in [0.717, 1.165) is 61.6 Å². The number of anilines is 1. The lowest BCUT2D eigenvalue weighted by Gasteiger charge is -2.54. The van der Waals surface area contributed by atoms with E-state index >= 15 is 0 Å². The van der Waals surface area contributed by atoms with Gasteiger partial charge in [0.05, 0.1) is 6.26 Å². The number of hydrogen-bond donors (Lipinski definition) is 2. The Balaban J connectivity index is 1.18. The molecule has 2 aromatic rings. The lowest BCUT2D eigenvalue weighted by atomic mass is 9.51. The van der Waals surface area contributed by atoms with Crippen molar-refractivity contribution >= 4 is 27.6 Å². The molecule has 0 radical (unpaired) electrons. The molecule has 1 heterocycles. The van der Waals surface area contributed by atoms with Gasteiger partial charge >= 0.3 is 6.03 Å². The summed E-state index contributed by atoms with van der Waals surface area (Å²) < 4.78 is 39.6. The molecule has 2 N–H and O–H groups in total. The van der Waals surface area contributed by atoms with Gasteiger partial charge in [0.25, 0.3) is 0 Å². The summed E-state index contributed by atoms with van der Waals surface area (Å²) in [6.07, 6.45) is 6.33. The zero-order valence-electron chi connectivity index (χ0n) is 23.7. The van der Waals surface area contributed by atoms with Crippen LogP contribution in [-0.4, -0.2) is 55.5 Å². The van der Waals surface area contributed by atoms with Crippen molar-refractivity contribution in [1.82, 2.24) is 14.5 Å². The van der Waals surface area contributed by atoms with E-state index in [9.17, 15) is 22.4 Å². The maximum absolute atomic E-state index is 13.6. The molecule has 216 valence electrons. The number of halogens is 1. The molecule has 0 spiro atoms. The largest absolute Gasteiger partial charge is 0.343 e. The third-order valence-electron chi connectivity index (χ3n) is 9.07. The molecule has 3 fully saturated rings. The van der Waals surface area contributed by atoms with E-state index in [2.05, 4.69) is 22.2 Å². The maximum atomic E-state index is 13.6. The number of nitrogens with one attached hydrogen (secondary N) is 2. The molecule has 0 atom stereocenters. The van der Waals surface area contributed by atoms with E-state index in [1.54, 1.807) is 36.8 Å². The van der Waals surface area contributed by atoms with E-state index in [4.69, 9.17) is 0 Å². The Bertz CT molecular complexity index is 1400. The van der Waals surface area contributed by atoms with Gasteiger partial charge in [0.2, 0.25) is 15.9 Å². The van der Waals surface area contributed by atoms with Gasteiger partial charge in [-0.1, -0.05) is 18.2 Å². The van der Waals surface area contributed by atoms with E-state index in [-0.39, 0.29) is 28.6 Å². The second-order valence-electron chi connectivity index (χ2n) is 12.8. The highest BCUT2D eigenvalue weighted by Gasteiger charge is 2.53. The Hall–Kier alpha value is -2.98. The van der Waals surface area contributed by atoms with Crippen molar-refractivity contribution in [3.63, 3.8) is 0 Å². The second-order valence-corrected chi connectivity index (χ2v) is 14.5. The molecule has 8 nitrogen and oxygen atoms in total. The van der Waals surface area contributed by atoms with Crippen molar-refractivity contribution in [2.75, 3.05) is 25.2 Å². The molecule has 2 bridgehead atoms. The van der Waals surface area contributed by atoms with Crippen molar-refractivity contribution in [1.29, 1.82) is 0 Å². The molecule has 0 aromatic heterocycles. The molecule has 3 amide bonds. The minimum Gasteiger partial charge on any atom is -0.343 e. The molecule has 3 aliphatic carbocycles. The molecule has 0 unspecified atom stereocenters. The van der Waals surface area contributed by atoms with Crippen LogP contribution in [0.25, 0.3) is 0 Å². The number of hydrogen-bond acceptors (Lipinski definition) is 4. The van der Waals surface area contributed by atoms with Crippen LogP contribution in [0.15, 0.2) is 42.5 Å². The van der Waals surface area contributed by atoms with Crippen LogP contribution in [0, 0.1) is 11.2 Å². The van der Waals surface area contributed by atoms with Crippen LogP contribution in [0.1, 0.15) is 69.1 Å². The predicted molar refractivity (Wildman–Crippen MR) is 153 cm³/mol. The van der Waals surface area contributed by atoms with Crippen LogP contribution in [0.2, 0.25) is 0 Å². The van der Waals surface area contributed by atoms with Gasteiger partial charge in [-0.15, -0.1) is 0 Å². The fraction of sp³-hybridized carbons (Fsp3) is 0.533. The van der Waals surface area contributed by atoms with Gasteiger partial charge in [-0.05, 0) is 98.7 Å². The Morgan fingerprint density at radius 2 is 1.57 bits per heavy atom. The number of carbonyl (C=O) groups is 2. The van der Waals surface area contributed by atoms with Crippen LogP contribution >= 0.6 is 0 Å². The Morgan fingerprint density at radius 1 is 0.975 bits per heavy atom. The maximum Gasteiger partial charge on any atom is 0.322 e. The number of likely N-dealkylation sites (N-methyl/N-ethyl adjacent to an activating group) is 1. The first kappa shape index (κ1) is 28.5. The van der Waals surface area contributed by atoms with Gasteiger partial charge in [-0.25, -0.2) is 22.3 Å². The summed E-state index contributed by atoms with van der Waals surface area (Å²) in [6.45, 7) is 4.74. The molecule has 40 heavy (non-hydrogen) atoms. The molecule has 4 aliphatic rings. The standard InChI is InChI=1S/C30H39FN4O4S/c1-28(2,33-40(4,38)39)20-34(3)26(36)30-14-11-29(12-15-30,13-16-30)23-6-9-25(10-7-23)32-27(37)35-18-21-5-8-24(31)17-22(21)19-35/h5-10,17,33H,11-16,18-20H2,1-4H3,(H,32,37). The van der Waals surface area contributed by atoms with E-state index in [0.29, 0.717) is 19.6 Å². The van der Waals surface area contributed by atoms with Crippen molar-refractivity contribution < 1.29 is 22.4 Å². The quantitative estimate of drug-likeness (QED) is 0.502. The lowest BCUT2D eigenvalue weighted by Crippen LogP contribution is -2.56. The molecule has 10 heteroatoms. The number of nitrogens with zero attached hydrogens (tertiary/aromatic N) is 2. The van der Waals surface area contributed by atoms with Crippen LogP contribution in [0.3, 0.4) is 0 Å². The van der Waals surface area contributed by atoms with Crippen molar-refractivity contribution in [2.45, 2.75) is 76.4 Å². The number of amides is 3. The Labute approximate surface area is 236 Å². The zero-order chi connectivity index (χ0) is 28.9. The van der Waals surface area contributed by atoms with Gasteiger partial charge in [0, 0.05) is 43.3 Å². The van der Waals surface area contributed by atoms with Crippen LogP contribution in [0.5, 0.6) is 0 Å². The molecule has 2 aromatic carbocycles. The number of urea groups is 1. The molecular weight excluding hydrogens is 531 g/mol. The summed E-state index contributed by atoms with van der Waals surface area (Å²) in [5.41, 5.74) is 2.65. The zero-order valence-corrected chi connectivity index (χ0v) is 24.5. The minimum atomic E-state index is -3.38. The average molecular weight is 571 g/mol. The highest BCUT2D eigenvalue weighted by molar-refractivity contribution is 7.88. The summed E-state index contributed by atoms with van der Waals surface area (Å²) in [5, 5.41) is 2.97. The highest BCUT2D eigenvalue weighted by atomic mass is 32.2. The third kappa shape index (κ3) is 5.74. The normalized spacial score (nSPS) is 24.1. The van der Waals surface area contributed by atoms with Gasteiger partial charge < -0.3 is 15.1 Å². The minimum absolute atomic E-state index is 0.0287. The molecule has 6 rings (SSSR count). The van der Waals surface area contributed by atoms with E-state index in [1.165, 1.54) is 17.7 Å². The van der Waals surface area contributed by atoms with E-state index in [1.807, 2.05) is 12.1 Å². The number of fused-ring (bicyclic) bond motifs is 4. The first-order chi connectivity index (χ1) is 18.7. The van der Waals surface area contributed by atoms with Gasteiger partial charge in [-0.3, -0.25) is 4.79 Å². The predicted octanol–water partition coefficient (Wildman–Crippen LogP) is 4.75. The average Bonchev–Trinajstić information content (AvgIpc) is 3.31. The van der Waals surface area contributed by atoms with Gasteiger partial charge in [0.15, 0.2) is 0 Å². The van der Waals surface area contributed by atoms with E-state index < -0.39 is 15.6 Å². The first-order valence-corrected chi connectivity index (χ1v) is 15.8. The van der Waals surface area contributed by atoms with Crippen LogP contribution in [-0.2, 0) is 33.3 Å². The molecule has 0 saturated heterocycles. The first-order valence-electron chi connectivity index (χ1n) is 13.9. The highest BCUT2D eigenvalue weighted by Crippen LogP contribution is 2.58. The fourth-order valence-corrected chi connectivity index (χ4v) is 8.23. The number of benzene rings is 2. The van der Waals surface area contributed by atoms with Gasteiger partial charge in [-0.2, -0.15) is 0 Å².